The molecule has 21 heavy (non-hydrogen) atoms. The number of rotatable bonds is 5. The van der Waals surface area contributed by atoms with Crippen molar-refractivity contribution in [2.24, 2.45) is 0 Å². The maximum atomic E-state index is 13.5. The molecule has 120 valence electrons. The maximum absolute atomic E-state index is 13.5. The lowest BCUT2D eigenvalue weighted by molar-refractivity contribution is 0.177. The number of benzene rings is 1. The lowest BCUT2D eigenvalue weighted by Crippen LogP contribution is -2.31. The summed E-state index contributed by atoms with van der Waals surface area (Å²) in [6.07, 6.45) is -0.982. The molecule has 0 aliphatic heterocycles. The molecule has 10 heteroatoms. The molecule has 1 N–H and O–H groups in total. The average Bonchev–Trinajstić information content (AvgIpc) is 2.40. The highest BCUT2D eigenvalue weighted by molar-refractivity contribution is 7.89. The highest BCUT2D eigenvalue weighted by atomic mass is 32.2. The average molecular weight is 333 g/mol. The molecule has 0 saturated heterocycles. The van der Waals surface area contributed by atoms with Crippen LogP contribution in [-0.4, -0.2) is 37.5 Å². The summed E-state index contributed by atoms with van der Waals surface area (Å²) in [4.78, 5) is -1.91. The second-order valence-electron chi connectivity index (χ2n) is 4.36. The van der Waals surface area contributed by atoms with Gasteiger partial charge in [-0.05, 0) is 13.3 Å². The Kier molecular flexibility index (Phi) is 5.29. The van der Waals surface area contributed by atoms with Crippen molar-refractivity contribution in [1.82, 2.24) is 4.31 Å². The summed E-state index contributed by atoms with van der Waals surface area (Å²) in [6.45, 7) is 0.984. The summed E-state index contributed by atoms with van der Waals surface area (Å²) in [5.41, 5.74) is 0. The van der Waals surface area contributed by atoms with E-state index in [9.17, 15) is 30.4 Å². The molecule has 1 aromatic rings. The molecule has 0 fully saturated rings. The smallest absolute Gasteiger partial charge is 0.248 e. The fourth-order valence-electron chi connectivity index (χ4n) is 1.46. The van der Waals surface area contributed by atoms with Crippen molar-refractivity contribution in [3.8, 4) is 0 Å². The highest BCUT2D eigenvalue weighted by Gasteiger charge is 2.35. The first kappa shape index (κ1) is 17.8. The van der Waals surface area contributed by atoms with E-state index in [1.807, 2.05) is 0 Å². The number of hydrogen-bond donors (Lipinski definition) is 1. The van der Waals surface area contributed by atoms with Crippen molar-refractivity contribution < 1.29 is 35.5 Å². The van der Waals surface area contributed by atoms with Crippen LogP contribution in [0.3, 0.4) is 0 Å². The van der Waals surface area contributed by atoms with Gasteiger partial charge in [-0.3, -0.25) is 0 Å². The minimum Gasteiger partial charge on any atom is -0.393 e. The van der Waals surface area contributed by atoms with Crippen molar-refractivity contribution in [3.05, 3.63) is 29.1 Å². The number of sulfonamides is 1. The van der Waals surface area contributed by atoms with Crippen LogP contribution >= 0.6 is 0 Å². The molecule has 4 nitrogen and oxygen atoms in total. The van der Waals surface area contributed by atoms with Crippen molar-refractivity contribution in [1.29, 1.82) is 0 Å². The van der Waals surface area contributed by atoms with Gasteiger partial charge in [-0.1, -0.05) is 0 Å². The Morgan fingerprint density at radius 3 is 1.76 bits per heavy atom. The largest absolute Gasteiger partial charge is 0.393 e. The summed E-state index contributed by atoms with van der Waals surface area (Å²) < 4.78 is 90.1. The van der Waals surface area contributed by atoms with Crippen LogP contribution in [0.5, 0.6) is 0 Å². The van der Waals surface area contributed by atoms with Crippen molar-refractivity contribution in [2.45, 2.75) is 24.3 Å². The lowest BCUT2D eigenvalue weighted by atomic mass is 10.3. The predicted octanol–water partition coefficient (Wildman–Crippen LogP) is 1.77. The molecule has 1 atom stereocenters. The van der Waals surface area contributed by atoms with Crippen LogP contribution in [-0.2, 0) is 10.0 Å². The minimum absolute atomic E-state index is 0.0782. The third-order valence-corrected chi connectivity index (χ3v) is 4.58. The monoisotopic (exact) mass is 333 g/mol. The first-order chi connectivity index (χ1) is 9.51. The molecule has 0 bridgehead atoms. The standard InChI is InChI=1S/C11H12F5NO3S/c1-5(18)3-4-17(2)21(19,20)11-9(15)7(13)6(12)8(14)10(11)16/h5,18H,3-4H2,1-2H3. The first-order valence-corrected chi connectivity index (χ1v) is 7.11. The fraction of sp³-hybridized carbons (Fsp3) is 0.455. The van der Waals surface area contributed by atoms with E-state index in [4.69, 9.17) is 5.11 Å². The van der Waals surface area contributed by atoms with Gasteiger partial charge < -0.3 is 5.11 Å². The lowest BCUT2D eigenvalue weighted by Gasteiger charge is -2.19. The zero-order valence-electron chi connectivity index (χ0n) is 11.0. The Morgan fingerprint density at radius 2 is 1.38 bits per heavy atom. The molecular weight excluding hydrogens is 321 g/mol. The summed E-state index contributed by atoms with van der Waals surface area (Å²) in [5.74, 6) is -12.0. The van der Waals surface area contributed by atoms with Gasteiger partial charge in [0.25, 0.3) is 0 Å². The molecule has 0 aliphatic carbocycles. The molecule has 1 rings (SSSR count). The normalized spacial score (nSPS) is 13.8. The topological polar surface area (TPSA) is 57.6 Å². The molecule has 0 heterocycles. The third-order valence-electron chi connectivity index (χ3n) is 2.70. The zero-order chi connectivity index (χ0) is 16.5. The molecule has 0 aliphatic rings. The van der Waals surface area contributed by atoms with Crippen molar-refractivity contribution in [3.63, 3.8) is 0 Å². The van der Waals surface area contributed by atoms with Crippen molar-refractivity contribution in [2.75, 3.05) is 13.6 Å². The number of nitrogens with zero attached hydrogens (tertiary/aromatic N) is 1. The summed E-state index contributed by atoms with van der Waals surface area (Å²) in [5, 5.41) is 9.03. The van der Waals surface area contributed by atoms with E-state index >= 15 is 0 Å². The quantitative estimate of drug-likeness (QED) is 0.508. The molecule has 0 spiro atoms. The van der Waals surface area contributed by atoms with Gasteiger partial charge in [0.05, 0.1) is 6.10 Å². The summed E-state index contributed by atoms with van der Waals surface area (Å²) in [7, 11) is -4.03. The van der Waals surface area contributed by atoms with Gasteiger partial charge in [0.1, 0.15) is 0 Å². The van der Waals surface area contributed by atoms with Gasteiger partial charge in [0.2, 0.25) is 15.8 Å². The molecule has 1 unspecified atom stereocenters. The molecule has 1 aromatic carbocycles. The second-order valence-corrected chi connectivity index (χ2v) is 6.35. The van der Waals surface area contributed by atoms with Gasteiger partial charge >= 0.3 is 0 Å². The fourth-order valence-corrected chi connectivity index (χ4v) is 2.75. The number of aliphatic hydroxyl groups excluding tert-OH is 1. The van der Waals surface area contributed by atoms with Crippen LogP contribution in [0, 0.1) is 29.1 Å². The van der Waals surface area contributed by atoms with Crippen LogP contribution in [0.25, 0.3) is 0 Å². The molecular formula is C11H12F5NO3S. The van der Waals surface area contributed by atoms with Crippen LogP contribution in [0.2, 0.25) is 0 Å². The maximum Gasteiger partial charge on any atom is 0.248 e. The van der Waals surface area contributed by atoms with E-state index in [0.29, 0.717) is 4.31 Å². The van der Waals surface area contributed by atoms with Gasteiger partial charge in [0.15, 0.2) is 28.2 Å². The van der Waals surface area contributed by atoms with Gasteiger partial charge in [-0.25, -0.2) is 34.7 Å². The highest BCUT2D eigenvalue weighted by Crippen LogP contribution is 2.28. The van der Waals surface area contributed by atoms with Crippen LogP contribution < -0.4 is 0 Å². The van der Waals surface area contributed by atoms with Gasteiger partial charge in [-0.15, -0.1) is 0 Å². The molecule has 0 aromatic heterocycles. The Hall–Kier alpha value is -1.26. The molecule has 0 radical (unpaired) electrons. The SMILES string of the molecule is CC(O)CCN(C)S(=O)(=O)c1c(F)c(F)c(F)c(F)c1F. The van der Waals surface area contributed by atoms with E-state index in [0.717, 1.165) is 7.05 Å². The molecule has 0 saturated carbocycles. The molecule has 0 amide bonds. The Balaban J connectivity index is 3.39. The van der Waals surface area contributed by atoms with Crippen molar-refractivity contribution >= 4 is 10.0 Å². The van der Waals surface area contributed by atoms with Crippen LogP contribution in [0.1, 0.15) is 13.3 Å². The van der Waals surface area contributed by atoms with Crippen LogP contribution in [0.15, 0.2) is 4.90 Å². The van der Waals surface area contributed by atoms with E-state index in [-0.39, 0.29) is 13.0 Å². The summed E-state index contributed by atoms with van der Waals surface area (Å²) >= 11 is 0. The van der Waals surface area contributed by atoms with E-state index < -0.39 is 50.1 Å². The van der Waals surface area contributed by atoms with Crippen LogP contribution in [0.4, 0.5) is 22.0 Å². The Bertz CT molecular complexity index is 619. The predicted molar refractivity (Wildman–Crippen MR) is 62.3 cm³/mol. The Morgan fingerprint density at radius 1 is 1.00 bits per heavy atom. The van der Waals surface area contributed by atoms with Gasteiger partial charge in [0, 0.05) is 13.6 Å². The summed E-state index contributed by atoms with van der Waals surface area (Å²) in [6, 6.07) is 0. The number of hydrogen-bond acceptors (Lipinski definition) is 3. The Labute approximate surface area is 117 Å². The third kappa shape index (κ3) is 3.33. The number of halogens is 5. The van der Waals surface area contributed by atoms with Gasteiger partial charge in [-0.2, -0.15) is 0 Å². The second kappa shape index (κ2) is 6.24. The zero-order valence-corrected chi connectivity index (χ0v) is 11.8. The number of aliphatic hydroxyl groups is 1. The first-order valence-electron chi connectivity index (χ1n) is 5.67. The van der Waals surface area contributed by atoms with E-state index in [1.54, 1.807) is 0 Å². The van der Waals surface area contributed by atoms with E-state index in [2.05, 4.69) is 0 Å². The minimum atomic E-state index is -4.93. The van der Waals surface area contributed by atoms with E-state index in [1.165, 1.54) is 6.92 Å².